The number of unbranched alkanes of at least 4 members (excludes halogenated alkanes) is 10. The highest BCUT2D eigenvalue weighted by molar-refractivity contribution is 5.72. The SMILES string of the molecule is C=CCCCCCCCCCCCC[N+](CC(=O)[O-])(CC(=O)O)CC(=O)O. The van der Waals surface area contributed by atoms with Crippen molar-refractivity contribution in [2.75, 3.05) is 26.2 Å². The summed E-state index contributed by atoms with van der Waals surface area (Å²) >= 11 is 0. The molecule has 0 unspecified atom stereocenters. The lowest BCUT2D eigenvalue weighted by Crippen LogP contribution is -2.59. The molecule has 156 valence electrons. The zero-order valence-electron chi connectivity index (χ0n) is 16.4. The first-order chi connectivity index (χ1) is 12.8. The van der Waals surface area contributed by atoms with Crippen LogP contribution in [0.2, 0.25) is 0 Å². The molecule has 0 rings (SSSR count). The zero-order chi connectivity index (χ0) is 20.5. The van der Waals surface area contributed by atoms with Crippen LogP contribution in [0.25, 0.3) is 0 Å². The second-order valence-electron chi connectivity index (χ2n) is 7.31. The molecule has 0 aromatic rings. The predicted molar refractivity (Wildman–Crippen MR) is 101 cm³/mol. The van der Waals surface area contributed by atoms with Crippen LogP contribution in [0, 0.1) is 0 Å². The molecule has 2 N–H and O–H groups in total. The Hall–Kier alpha value is -1.89. The van der Waals surface area contributed by atoms with Crippen LogP contribution in [0.15, 0.2) is 12.7 Å². The molecule has 0 saturated carbocycles. The van der Waals surface area contributed by atoms with Crippen LogP contribution in [0.3, 0.4) is 0 Å². The highest BCUT2D eigenvalue weighted by atomic mass is 16.4. The van der Waals surface area contributed by atoms with Gasteiger partial charge in [0.05, 0.1) is 12.5 Å². The van der Waals surface area contributed by atoms with E-state index in [0.29, 0.717) is 6.42 Å². The van der Waals surface area contributed by atoms with Crippen molar-refractivity contribution in [3.05, 3.63) is 12.7 Å². The van der Waals surface area contributed by atoms with Gasteiger partial charge in [0.15, 0.2) is 13.1 Å². The van der Waals surface area contributed by atoms with E-state index in [1.165, 1.54) is 32.1 Å². The number of quaternary nitrogens is 1. The lowest BCUT2D eigenvalue weighted by Gasteiger charge is -2.36. The van der Waals surface area contributed by atoms with Crippen molar-refractivity contribution in [1.82, 2.24) is 0 Å². The molecule has 7 heteroatoms. The normalized spacial score (nSPS) is 11.3. The van der Waals surface area contributed by atoms with Crippen LogP contribution in [0.1, 0.15) is 70.6 Å². The molecule has 0 aliphatic carbocycles. The van der Waals surface area contributed by atoms with Crippen molar-refractivity contribution in [3.63, 3.8) is 0 Å². The minimum absolute atomic E-state index is 0.218. The molecule has 0 fully saturated rings. The van der Waals surface area contributed by atoms with Gasteiger partial charge in [-0.1, -0.05) is 51.0 Å². The first-order valence-electron chi connectivity index (χ1n) is 9.91. The van der Waals surface area contributed by atoms with Crippen molar-refractivity contribution in [1.29, 1.82) is 0 Å². The van der Waals surface area contributed by atoms with E-state index in [1.54, 1.807) is 0 Å². The number of hydrogen-bond donors (Lipinski definition) is 2. The Morgan fingerprint density at radius 3 is 1.52 bits per heavy atom. The molecule has 0 heterocycles. The summed E-state index contributed by atoms with van der Waals surface area (Å²) < 4.78 is -0.502. The molecular formula is C20H35NO6. The van der Waals surface area contributed by atoms with Crippen LogP contribution in [0.5, 0.6) is 0 Å². The van der Waals surface area contributed by atoms with E-state index in [1.807, 2.05) is 6.08 Å². The molecule has 0 spiro atoms. The molecule has 0 aromatic carbocycles. The maximum absolute atomic E-state index is 11.1. The average molecular weight is 386 g/mol. The lowest BCUT2D eigenvalue weighted by atomic mass is 10.1. The average Bonchev–Trinajstić information content (AvgIpc) is 2.53. The number of carboxylic acid groups (broad SMARTS) is 3. The molecular weight excluding hydrogens is 350 g/mol. The summed E-state index contributed by atoms with van der Waals surface area (Å²) in [6.07, 6.45) is 13.9. The van der Waals surface area contributed by atoms with Gasteiger partial charge < -0.3 is 24.6 Å². The van der Waals surface area contributed by atoms with E-state index in [2.05, 4.69) is 6.58 Å². The van der Waals surface area contributed by atoms with Crippen molar-refractivity contribution < 1.29 is 34.2 Å². The van der Waals surface area contributed by atoms with Gasteiger partial charge in [-0.15, -0.1) is 6.58 Å². The Balaban J connectivity index is 4.07. The maximum atomic E-state index is 11.1. The number of nitrogens with zero attached hydrogens (tertiary/aromatic N) is 1. The minimum atomic E-state index is -1.43. The van der Waals surface area contributed by atoms with E-state index in [0.717, 1.165) is 32.1 Å². The van der Waals surface area contributed by atoms with Crippen LogP contribution in [-0.4, -0.2) is 58.8 Å². The third-order valence-electron chi connectivity index (χ3n) is 4.70. The zero-order valence-corrected chi connectivity index (χ0v) is 16.4. The van der Waals surface area contributed by atoms with Crippen LogP contribution in [0.4, 0.5) is 0 Å². The fourth-order valence-corrected chi connectivity index (χ4v) is 3.40. The first kappa shape index (κ1) is 25.1. The number of allylic oxidation sites excluding steroid dienone is 1. The van der Waals surface area contributed by atoms with Gasteiger partial charge in [-0.2, -0.15) is 0 Å². The van der Waals surface area contributed by atoms with Crippen molar-refractivity contribution >= 4 is 17.9 Å². The van der Waals surface area contributed by atoms with E-state index in [4.69, 9.17) is 10.2 Å². The molecule has 0 amide bonds. The third kappa shape index (κ3) is 14.9. The third-order valence-corrected chi connectivity index (χ3v) is 4.70. The van der Waals surface area contributed by atoms with Gasteiger partial charge in [0.2, 0.25) is 0 Å². The van der Waals surface area contributed by atoms with Gasteiger partial charge >= 0.3 is 11.9 Å². The van der Waals surface area contributed by atoms with Crippen molar-refractivity contribution in [2.24, 2.45) is 0 Å². The Morgan fingerprint density at radius 2 is 1.15 bits per heavy atom. The Kier molecular flexibility index (Phi) is 14.1. The van der Waals surface area contributed by atoms with Gasteiger partial charge in [-0.05, 0) is 25.7 Å². The topological polar surface area (TPSA) is 115 Å². The summed E-state index contributed by atoms with van der Waals surface area (Å²) in [7, 11) is 0. The van der Waals surface area contributed by atoms with Crippen LogP contribution >= 0.6 is 0 Å². The van der Waals surface area contributed by atoms with Gasteiger partial charge in [-0.25, -0.2) is 9.59 Å². The first-order valence-corrected chi connectivity index (χ1v) is 9.91. The van der Waals surface area contributed by atoms with E-state index in [9.17, 15) is 19.5 Å². The smallest absolute Gasteiger partial charge is 0.359 e. The maximum Gasteiger partial charge on any atom is 0.359 e. The van der Waals surface area contributed by atoms with Gasteiger partial charge in [0.1, 0.15) is 6.54 Å². The fourth-order valence-electron chi connectivity index (χ4n) is 3.40. The predicted octanol–water partition coefficient (Wildman–Crippen LogP) is 2.20. The standard InChI is InChI=1S/C20H35NO6/c1-2-3-4-5-6-7-8-9-10-11-12-13-14-21(15-18(22)23,16-19(24)25)17-20(26)27/h2H,1,3-17H2,(H2-,22,23,24,25,26,27). The monoisotopic (exact) mass is 385 g/mol. The second-order valence-corrected chi connectivity index (χ2v) is 7.31. The second kappa shape index (κ2) is 15.2. The highest BCUT2D eigenvalue weighted by Gasteiger charge is 2.33. The molecule has 0 atom stereocenters. The minimum Gasteiger partial charge on any atom is -0.544 e. The summed E-state index contributed by atoms with van der Waals surface area (Å²) in [5, 5.41) is 29.1. The van der Waals surface area contributed by atoms with Crippen molar-refractivity contribution in [2.45, 2.75) is 70.6 Å². The number of aliphatic carboxylic acids is 3. The number of carbonyl (C=O) groups is 3. The molecule has 0 saturated heterocycles. The van der Waals surface area contributed by atoms with Crippen molar-refractivity contribution in [3.8, 4) is 0 Å². The van der Waals surface area contributed by atoms with E-state index in [-0.39, 0.29) is 6.54 Å². The number of carboxylic acids is 3. The highest BCUT2D eigenvalue weighted by Crippen LogP contribution is 2.14. The largest absolute Gasteiger partial charge is 0.544 e. The Bertz CT molecular complexity index is 423. The number of carbonyl (C=O) groups excluding carboxylic acids is 1. The summed E-state index contributed by atoms with van der Waals surface area (Å²) in [5.41, 5.74) is 0. The van der Waals surface area contributed by atoms with Gasteiger partial charge in [0.25, 0.3) is 0 Å². The molecule has 7 nitrogen and oxygen atoms in total. The molecule has 0 aliphatic heterocycles. The summed E-state index contributed by atoms with van der Waals surface area (Å²) in [6.45, 7) is 2.29. The lowest BCUT2D eigenvalue weighted by molar-refractivity contribution is -0.909. The van der Waals surface area contributed by atoms with Crippen LogP contribution in [-0.2, 0) is 14.4 Å². The molecule has 0 radical (unpaired) electrons. The van der Waals surface area contributed by atoms with E-state index < -0.39 is 42.0 Å². The molecule has 27 heavy (non-hydrogen) atoms. The summed E-state index contributed by atoms with van der Waals surface area (Å²) in [5.74, 6) is -3.83. The van der Waals surface area contributed by atoms with Gasteiger partial charge in [0, 0.05) is 0 Å². The van der Waals surface area contributed by atoms with Gasteiger partial charge in [-0.3, -0.25) is 0 Å². The summed E-state index contributed by atoms with van der Waals surface area (Å²) in [4.78, 5) is 33.1. The Labute approximate surface area is 162 Å². The van der Waals surface area contributed by atoms with Crippen LogP contribution < -0.4 is 5.11 Å². The molecule has 0 aliphatic rings. The van der Waals surface area contributed by atoms with E-state index >= 15 is 0 Å². The molecule has 0 aromatic heterocycles. The number of rotatable bonds is 19. The number of hydrogen-bond acceptors (Lipinski definition) is 4. The quantitative estimate of drug-likeness (QED) is 0.200. The Morgan fingerprint density at radius 1 is 0.741 bits per heavy atom. The fraction of sp³-hybridized carbons (Fsp3) is 0.750. The summed E-state index contributed by atoms with van der Waals surface area (Å²) in [6, 6.07) is 0. The molecule has 0 bridgehead atoms.